The van der Waals surface area contributed by atoms with Crippen LogP contribution < -0.4 is 14.8 Å². The summed E-state index contributed by atoms with van der Waals surface area (Å²) < 4.78 is 10.3. The zero-order valence-corrected chi connectivity index (χ0v) is 14.2. The molecule has 0 aliphatic carbocycles. The van der Waals surface area contributed by atoms with E-state index in [2.05, 4.69) is 15.5 Å². The number of amides is 1. The van der Waals surface area contributed by atoms with Gasteiger partial charge in [0.15, 0.2) is 17.3 Å². The molecule has 130 valence electrons. The van der Waals surface area contributed by atoms with Crippen LogP contribution >= 0.6 is 0 Å². The number of azo groups is 1. The molecule has 0 fully saturated rings. The van der Waals surface area contributed by atoms with Gasteiger partial charge < -0.3 is 14.8 Å². The summed E-state index contributed by atoms with van der Waals surface area (Å²) in [5, 5.41) is 10.5. The average molecular weight is 341 g/mol. The van der Waals surface area contributed by atoms with Crippen LogP contribution in [-0.4, -0.2) is 32.0 Å². The van der Waals surface area contributed by atoms with E-state index in [9.17, 15) is 9.59 Å². The number of rotatable bonds is 7. The molecule has 0 spiro atoms. The number of benzene rings is 2. The maximum absolute atomic E-state index is 12.3. The summed E-state index contributed by atoms with van der Waals surface area (Å²) in [6.07, 6.45) is 0. The Morgan fingerprint density at radius 1 is 1.00 bits per heavy atom. The van der Waals surface area contributed by atoms with Gasteiger partial charge in [0.25, 0.3) is 5.91 Å². The predicted molar refractivity (Wildman–Crippen MR) is 93.6 cm³/mol. The number of Topliss-reactive ketones (excluding diaryl/α,β-unsaturated/α-hetero) is 1. The lowest BCUT2D eigenvalue weighted by Gasteiger charge is -2.10. The fourth-order valence-corrected chi connectivity index (χ4v) is 2.06. The highest BCUT2D eigenvalue weighted by Gasteiger charge is 2.23. The van der Waals surface area contributed by atoms with Crippen molar-refractivity contribution in [1.82, 2.24) is 0 Å². The van der Waals surface area contributed by atoms with Gasteiger partial charge in [-0.3, -0.25) is 9.59 Å². The second-order valence-electron chi connectivity index (χ2n) is 5.12. The van der Waals surface area contributed by atoms with Crippen molar-refractivity contribution in [2.75, 3.05) is 19.5 Å². The van der Waals surface area contributed by atoms with Crippen LogP contribution in [0.4, 0.5) is 11.4 Å². The SMILES string of the molecule is COc1ccc(N=NC(C(C)=O)C(=O)Nc2ccccc2)cc1OC. The van der Waals surface area contributed by atoms with Gasteiger partial charge in [-0.05, 0) is 31.2 Å². The van der Waals surface area contributed by atoms with E-state index in [0.29, 0.717) is 22.9 Å². The van der Waals surface area contributed by atoms with E-state index in [4.69, 9.17) is 9.47 Å². The molecular formula is C18H19N3O4. The van der Waals surface area contributed by atoms with Crippen LogP contribution in [0.5, 0.6) is 11.5 Å². The number of carbonyl (C=O) groups is 2. The lowest BCUT2D eigenvalue weighted by molar-refractivity contribution is -0.126. The molecule has 25 heavy (non-hydrogen) atoms. The van der Waals surface area contributed by atoms with Gasteiger partial charge in [-0.1, -0.05) is 18.2 Å². The second-order valence-corrected chi connectivity index (χ2v) is 5.12. The van der Waals surface area contributed by atoms with E-state index in [1.807, 2.05) is 6.07 Å². The number of methoxy groups -OCH3 is 2. The van der Waals surface area contributed by atoms with Crippen molar-refractivity contribution in [3.63, 3.8) is 0 Å². The van der Waals surface area contributed by atoms with Crippen LogP contribution in [0.3, 0.4) is 0 Å². The summed E-state index contributed by atoms with van der Waals surface area (Å²) in [5.41, 5.74) is 1.02. The smallest absolute Gasteiger partial charge is 0.258 e. The Labute approximate surface area is 145 Å². The van der Waals surface area contributed by atoms with Gasteiger partial charge in [0.05, 0.1) is 19.9 Å². The first kappa shape index (κ1) is 18.1. The van der Waals surface area contributed by atoms with Gasteiger partial charge in [0.2, 0.25) is 6.04 Å². The molecule has 0 saturated carbocycles. The van der Waals surface area contributed by atoms with E-state index in [-0.39, 0.29) is 0 Å². The Morgan fingerprint density at radius 3 is 2.28 bits per heavy atom. The van der Waals surface area contributed by atoms with Crippen molar-refractivity contribution in [2.45, 2.75) is 13.0 Å². The molecular weight excluding hydrogens is 322 g/mol. The first-order valence-corrected chi connectivity index (χ1v) is 7.54. The molecule has 0 bridgehead atoms. The third-order valence-electron chi connectivity index (χ3n) is 3.33. The molecule has 2 aromatic carbocycles. The number of anilines is 1. The number of ketones is 1. The minimum absolute atomic E-state index is 0.405. The van der Waals surface area contributed by atoms with Crippen LogP contribution in [0.15, 0.2) is 58.8 Å². The van der Waals surface area contributed by atoms with Crippen LogP contribution in [0, 0.1) is 0 Å². The number of carbonyl (C=O) groups excluding carboxylic acids is 2. The molecule has 0 aliphatic heterocycles. The largest absolute Gasteiger partial charge is 0.493 e. The molecule has 2 rings (SSSR count). The third-order valence-corrected chi connectivity index (χ3v) is 3.33. The molecule has 0 aliphatic rings. The highest BCUT2D eigenvalue weighted by molar-refractivity contribution is 6.10. The lowest BCUT2D eigenvalue weighted by Crippen LogP contribution is -2.31. The van der Waals surface area contributed by atoms with Crippen LogP contribution in [0.25, 0.3) is 0 Å². The Bertz CT molecular complexity index is 775. The highest BCUT2D eigenvalue weighted by atomic mass is 16.5. The van der Waals surface area contributed by atoms with Crippen LogP contribution in [0.1, 0.15) is 6.92 Å². The maximum atomic E-state index is 12.3. The molecule has 1 atom stereocenters. The molecule has 2 aromatic rings. The monoisotopic (exact) mass is 341 g/mol. The summed E-state index contributed by atoms with van der Waals surface area (Å²) in [6, 6.07) is 12.5. The number of hydrogen-bond acceptors (Lipinski definition) is 6. The number of hydrogen-bond donors (Lipinski definition) is 1. The Balaban J connectivity index is 2.17. The van der Waals surface area contributed by atoms with Gasteiger partial charge in [0, 0.05) is 11.8 Å². The molecule has 0 radical (unpaired) electrons. The summed E-state index contributed by atoms with van der Waals surface area (Å²) in [5.74, 6) is 0.0824. The van der Waals surface area contributed by atoms with Crippen molar-refractivity contribution < 1.29 is 19.1 Å². The van der Waals surface area contributed by atoms with Crippen molar-refractivity contribution in [1.29, 1.82) is 0 Å². The first-order chi connectivity index (χ1) is 12.0. The summed E-state index contributed by atoms with van der Waals surface area (Å²) in [4.78, 5) is 24.0. The molecule has 7 nitrogen and oxygen atoms in total. The minimum atomic E-state index is -1.23. The van der Waals surface area contributed by atoms with E-state index in [1.165, 1.54) is 21.1 Å². The van der Waals surface area contributed by atoms with E-state index < -0.39 is 17.7 Å². The second kappa shape index (κ2) is 8.58. The fourth-order valence-electron chi connectivity index (χ4n) is 2.06. The molecule has 1 amide bonds. The summed E-state index contributed by atoms with van der Waals surface area (Å²) in [7, 11) is 3.03. The van der Waals surface area contributed by atoms with E-state index in [0.717, 1.165) is 0 Å². The topological polar surface area (TPSA) is 89.4 Å². The number of para-hydroxylation sites is 1. The Hall–Kier alpha value is -3.22. The van der Waals surface area contributed by atoms with Gasteiger partial charge in [-0.15, -0.1) is 0 Å². The van der Waals surface area contributed by atoms with Gasteiger partial charge >= 0.3 is 0 Å². The molecule has 0 saturated heterocycles. The van der Waals surface area contributed by atoms with Crippen LogP contribution in [0.2, 0.25) is 0 Å². The quantitative estimate of drug-likeness (QED) is 0.617. The molecule has 7 heteroatoms. The van der Waals surface area contributed by atoms with Crippen molar-refractivity contribution in [3.05, 3.63) is 48.5 Å². The number of nitrogens with one attached hydrogen (secondary N) is 1. The Kier molecular flexibility index (Phi) is 6.22. The zero-order chi connectivity index (χ0) is 18.2. The molecule has 0 aromatic heterocycles. The Morgan fingerprint density at radius 2 is 1.68 bits per heavy atom. The van der Waals surface area contributed by atoms with Gasteiger partial charge in [-0.25, -0.2) is 0 Å². The first-order valence-electron chi connectivity index (χ1n) is 7.54. The summed E-state index contributed by atoms with van der Waals surface area (Å²) >= 11 is 0. The normalized spacial score (nSPS) is 11.8. The van der Waals surface area contributed by atoms with E-state index in [1.54, 1.807) is 42.5 Å². The van der Waals surface area contributed by atoms with Crippen molar-refractivity contribution in [3.8, 4) is 11.5 Å². The molecule has 0 heterocycles. The van der Waals surface area contributed by atoms with Crippen LogP contribution in [-0.2, 0) is 9.59 Å². The zero-order valence-electron chi connectivity index (χ0n) is 14.2. The minimum Gasteiger partial charge on any atom is -0.493 e. The molecule has 1 N–H and O–H groups in total. The van der Waals surface area contributed by atoms with Crippen molar-refractivity contribution in [2.24, 2.45) is 10.2 Å². The average Bonchev–Trinajstić information content (AvgIpc) is 2.62. The lowest BCUT2D eigenvalue weighted by atomic mass is 10.2. The van der Waals surface area contributed by atoms with Gasteiger partial charge in [0.1, 0.15) is 0 Å². The number of ether oxygens (including phenoxy) is 2. The third kappa shape index (κ3) is 4.87. The number of nitrogens with zero attached hydrogens (tertiary/aromatic N) is 2. The van der Waals surface area contributed by atoms with Crippen molar-refractivity contribution >= 4 is 23.1 Å². The molecule has 1 unspecified atom stereocenters. The van der Waals surface area contributed by atoms with E-state index >= 15 is 0 Å². The highest BCUT2D eigenvalue weighted by Crippen LogP contribution is 2.31. The summed E-state index contributed by atoms with van der Waals surface area (Å²) in [6.45, 7) is 1.29. The fraction of sp³-hybridized carbons (Fsp3) is 0.222. The van der Waals surface area contributed by atoms with Gasteiger partial charge in [-0.2, -0.15) is 10.2 Å². The maximum Gasteiger partial charge on any atom is 0.258 e. The predicted octanol–water partition coefficient (Wildman–Crippen LogP) is 3.38. The standard InChI is InChI=1S/C18H19N3O4/c1-12(22)17(18(23)19-13-7-5-4-6-8-13)21-20-14-9-10-15(24-2)16(11-14)25-3/h4-11,17H,1-3H3,(H,19,23).